The van der Waals surface area contributed by atoms with Gasteiger partial charge in [-0.05, 0) is 25.0 Å². The van der Waals surface area contributed by atoms with Gasteiger partial charge in [-0.2, -0.15) is 0 Å². The Morgan fingerprint density at radius 2 is 2.11 bits per heavy atom. The van der Waals surface area contributed by atoms with E-state index in [1.54, 1.807) is 25.3 Å². The van der Waals surface area contributed by atoms with E-state index in [2.05, 4.69) is 5.32 Å². The highest BCUT2D eigenvalue weighted by Crippen LogP contribution is 2.20. The standard InChI is InChI=1S/C13H18N2O3S/c1-18-10-2-3-11(12(14)8-10)13(16)15-9-4-6-19(17)7-5-9/h2-3,8-9H,4-7,14H2,1H3,(H,15,16). The molecule has 0 saturated carbocycles. The van der Waals surface area contributed by atoms with Crippen molar-refractivity contribution in [1.29, 1.82) is 0 Å². The zero-order valence-electron chi connectivity index (χ0n) is 10.8. The molecule has 1 heterocycles. The lowest BCUT2D eigenvalue weighted by Gasteiger charge is -2.22. The number of carbonyl (C=O) groups excluding carboxylic acids is 1. The van der Waals surface area contributed by atoms with E-state index in [1.165, 1.54) is 0 Å². The molecule has 0 atom stereocenters. The minimum Gasteiger partial charge on any atom is -0.497 e. The Morgan fingerprint density at radius 1 is 1.42 bits per heavy atom. The number of ether oxygens (including phenoxy) is 1. The van der Waals surface area contributed by atoms with Crippen LogP contribution in [0, 0.1) is 0 Å². The molecule has 1 aliphatic heterocycles. The fourth-order valence-electron chi connectivity index (χ4n) is 2.08. The van der Waals surface area contributed by atoms with Gasteiger partial charge >= 0.3 is 0 Å². The molecule has 2 rings (SSSR count). The van der Waals surface area contributed by atoms with Crippen LogP contribution in [-0.2, 0) is 10.8 Å². The number of anilines is 1. The molecule has 6 heteroatoms. The number of nitrogens with two attached hydrogens (primary N) is 1. The number of carbonyl (C=O) groups is 1. The Bertz CT molecular complexity index is 495. The molecule has 19 heavy (non-hydrogen) atoms. The van der Waals surface area contributed by atoms with Gasteiger partial charge in [-0.3, -0.25) is 9.00 Å². The molecule has 0 aliphatic carbocycles. The number of amides is 1. The monoisotopic (exact) mass is 282 g/mol. The van der Waals surface area contributed by atoms with Gasteiger partial charge in [0.25, 0.3) is 5.91 Å². The highest BCUT2D eigenvalue weighted by molar-refractivity contribution is 7.85. The highest BCUT2D eigenvalue weighted by atomic mass is 32.2. The van der Waals surface area contributed by atoms with Crippen LogP contribution in [0.1, 0.15) is 23.2 Å². The third kappa shape index (κ3) is 3.47. The van der Waals surface area contributed by atoms with Crippen LogP contribution >= 0.6 is 0 Å². The molecule has 104 valence electrons. The van der Waals surface area contributed by atoms with E-state index in [4.69, 9.17) is 10.5 Å². The Hall–Kier alpha value is -1.56. The van der Waals surface area contributed by atoms with Crippen LogP contribution in [0.4, 0.5) is 5.69 Å². The third-order valence-electron chi connectivity index (χ3n) is 3.23. The summed E-state index contributed by atoms with van der Waals surface area (Å²) in [6.45, 7) is 0. The predicted octanol–water partition coefficient (Wildman–Crippen LogP) is 0.918. The molecule has 0 spiro atoms. The fraction of sp³-hybridized carbons (Fsp3) is 0.462. The summed E-state index contributed by atoms with van der Waals surface area (Å²) >= 11 is 0. The minimum atomic E-state index is -0.721. The van der Waals surface area contributed by atoms with Crippen LogP contribution in [0.15, 0.2) is 18.2 Å². The van der Waals surface area contributed by atoms with E-state index in [9.17, 15) is 9.00 Å². The second kappa shape index (κ2) is 6.06. The van der Waals surface area contributed by atoms with Crippen LogP contribution in [0.25, 0.3) is 0 Å². The SMILES string of the molecule is COc1ccc(C(=O)NC2CCS(=O)CC2)c(N)c1. The molecule has 1 aromatic rings. The first-order valence-electron chi connectivity index (χ1n) is 6.19. The summed E-state index contributed by atoms with van der Waals surface area (Å²) in [6.07, 6.45) is 1.52. The molecule has 5 nitrogen and oxygen atoms in total. The van der Waals surface area contributed by atoms with E-state index in [1.807, 2.05) is 0 Å². The number of nitrogens with one attached hydrogen (secondary N) is 1. The highest BCUT2D eigenvalue weighted by Gasteiger charge is 2.21. The Balaban J connectivity index is 2.01. The molecule has 1 amide bonds. The lowest BCUT2D eigenvalue weighted by Crippen LogP contribution is -2.39. The summed E-state index contributed by atoms with van der Waals surface area (Å²) in [5.74, 6) is 1.76. The molecule has 1 aromatic carbocycles. The molecule has 0 bridgehead atoms. The van der Waals surface area contributed by atoms with Crippen LogP contribution in [0.2, 0.25) is 0 Å². The van der Waals surface area contributed by atoms with Gasteiger partial charge in [0, 0.05) is 40.1 Å². The maximum absolute atomic E-state index is 12.1. The van der Waals surface area contributed by atoms with E-state index >= 15 is 0 Å². The van der Waals surface area contributed by atoms with Crippen molar-refractivity contribution in [3.05, 3.63) is 23.8 Å². The molecule has 3 N–H and O–H groups in total. The predicted molar refractivity (Wildman–Crippen MR) is 75.8 cm³/mol. The number of hydrogen-bond acceptors (Lipinski definition) is 4. The molecular weight excluding hydrogens is 264 g/mol. The molecule has 0 radical (unpaired) electrons. The lowest BCUT2D eigenvalue weighted by molar-refractivity contribution is 0.0935. The largest absolute Gasteiger partial charge is 0.497 e. The van der Waals surface area contributed by atoms with Crippen molar-refractivity contribution in [3.8, 4) is 5.75 Å². The molecule has 0 unspecified atom stereocenters. The van der Waals surface area contributed by atoms with Crippen molar-refractivity contribution in [3.63, 3.8) is 0 Å². The van der Waals surface area contributed by atoms with Crippen molar-refractivity contribution < 1.29 is 13.7 Å². The average Bonchev–Trinajstić information content (AvgIpc) is 2.41. The number of benzene rings is 1. The topological polar surface area (TPSA) is 81.4 Å². The smallest absolute Gasteiger partial charge is 0.253 e. The van der Waals surface area contributed by atoms with Crippen LogP contribution in [-0.4, -0.2) is 34.8 Å². The first-order chi connectivity index (χ1) is 9.10. The second-order valence-electron chi connectivity index (χ2n) is 4.55. The Labute approximate surface area is 115 Å². The van der Waals surface area contributed by atoms with Gasteiger partial charge in [-0.15, -0.1) is 0 Å². The van der Waals surface area contributed by atoms with Gasteiger partial charge in [0.15, 0.2) is 0 Å². The van der Waals surface area contributed by atoms with Gasteiger partial charge in [-0.25, -0.2) is 0 Å². The molecule has 1 fully saturated rings. The van der Waals surface area contributed by atoms with E-state index in [0.29, 0.717) is 28.5 Å². The Kier molecular flexibility index (Phi) is 4.42. The minimum absolute atomic E-state index is 0.0895. The van der Waals surface area contributed by atoms with Crippen molar-refractivity contribution in [2.75, 3.05) is 24.3 Å². The van der Waals surface area contributed by atoms with E-state index in [0.717, 1.165) is 12.8 Å². The maximum atomic E-state index is 12.1. The summed E-state index contributed by atoms with van der Waals surface area (Å²) < 4.78 is 16.3. The summed E-state index contributed by atoms with van der Waals surface area (Å²) in [5, 5.41) is 2.94. The summed E-state index contributed by atoms with van der Waals surface area (Å²) in [6, 6.07) is 5.09. The van der Waals surface area contributed by atoms with Gasteiger partial charge in [0.1, 0.15) is 5.75 Å². The number of methoxy groups -OCH3 is 1. The first-order valence-corrected chi connectivity index (χ1v) is 7.68. The van der Waals surface area contributed by atoms with Gasteiger partial charge in [0.2, 0.25) is 0 Å². The zero-order valence-corrected chi connectivity index (χ0v) is 11.7. The molecule has 1 aliphatic rings. The quantitative estimate of drug-likeness (QED) is 0.808. The van der Waals surface area contributed by atoms with Crippen molar-refractivity contribution in [2.24, 2.45) is 0 Å². The Morgan fingerprint density at radius 3 is 2.68 bits per heavy atom. The number of rotatable bonds is 3. The first kappa shape index (κ1) is 13.9. The second-order valence-corrected chi connectivity index (χ2v) is 6.25. The van der Waals surface area contributed by atoms with Gasteiger partial charge < -0.3 is 15.8 Å². The lowest BCUT2D eigenvalue weighted by atomic mass is 10.1. The summed E-state index contributed by atoms with van der Waals surface area (Å²) in [7, 11) is 0.831. The van der Waals surface area contributed by atoms with Crippen LogP contribution in [0.3, 0.4) is 0 Å². The number of nitrogen functional groups attached to an aromatic ring is 1. The van der Waals surface area contributed by atoms with Gasteiger partial charge in [-0.1, -0.05) is 0 Å². The maximum Gasteiger partial charge on any atom is 0.253 e. The van der Waals surface area contributed by atoms with Crippen LogP contribution < -0.4 is 15.8 Å². The summed E-state index contributed by atoms with van der Waals surface area (Å²) in [5.41, 5.74) is 6.69. The fourth-order valence-corrected chi connectivity index (χ4v) is 3.37. The average molecular weight is 282 g/mol. The third-order valence-corrected chi connectivity index (χ3v) is 4.61. The van der Waals surface area contributed by atoms with Gasteiger partial charge in [0.05, 0.1) is 12.7 Å². The normalized spacial score (nSPS) is 22.8. The summed E-state index contributed by atoms with van der Waals surface area (Å²) in [4.78, 5) is 12.1. The van der Waals surface area contributed by atoms with E-state index in [-0.39, 0.29) is 11.9 Å². The van der Waals surface area contributed by atoms with Crippen molar-refractivity contribution >= 4 is 22.4 Å². The molecule has 0 aromatic heterocycles. The van der Waals surface area contributed by atoms with Crippen molar-refractivity contribution in [2.45, 2.75) is 18.9 Å². The zero-order chi connectivity index (χ0) is 13.8. The number of hydrogen-bond donors (Lipinski definition) is 2. The molecule has 1 saturated heterocycles. The molecular formula is C13H18N2O3S. The van der Waals surface area contributed by atoms with Crippen LogP contribution in [0.5, 0.6) is 5.75 Å². The van der Waals surface area contributed by atoms with E-state index < -0.39 is 10.8 Å². The van der Waals surface area contributed by atoms with Crippen molar-refractivity contribution in [1.82, 2.24) is 5.32 Å².